The summed E-state index contributed by atoms with van der Waals surface area (Å²) in [6.45, 7) is 5.15. The van der Waals surface area contributed by atoms with Crippen LogP contribution < -0.4 is 15.5 Å². The molecule has 10 heteroatoms. The molecule has 4 rings (SSSR count). The molecular weight excluding hydrogens is 404 g/mol. The Morgan fingerprint density at radius 1 is 1.20 bits per heavy atom. The molecule has 2 N–H and O–H groups in total. The number of aromatic nitrogens is 3. The SMILES string of the molecule is CC(Sc1nnc(N2CCOCC2)n1Cc1ccccc1)C(=O)NC(=O)NC1CC1. The summed E-state index contributed by atoms with van der Waals surface area (Å²) >= 11 is 1.30. The minimum Gasteiger partial charge on any atom is -0.378 e. The molecular formula is C20H26N6O3S. The molecule has 2 heterocycles. The summed E-state index contributed by atoms with van der Waals surface area (Å²) in [5.74, 6) is 0.420. The average molecular weight is 431 g/mol. The van der Waals surface area contributed by atoms with Gasteiger partial charge in [0.2, 0.25) is 11.9 Å². The topological polar surface area (TPSA) is 101 Å². The van der Waals surface area contributed by atoms with Crippen LogP contribution in [-0.4, -0.2) is 64.3 Å². The quantitative estimate of drug-likeness (QED) is 0.644. The van der Waals surface area contributed by atoms with Crippen molar-refractivity contribution in [2.75, 3.05) is 31.2 Å². The number of nitrogens with one attached hydrogen (secondary N) is 2. The van der Waals surface area contributed by atoms with Crippen molar-refractivity contribution in [1.82, 2.24) is 25.4 Å². The third-order valence-electron chi connectivity index (χ3n) is 4.98. The van der Waals surface area contributed by atoms with Gasteiger partial charge in [0.1, 0.15) is 0 Å². The number of ether oxygens (including phenoxy) is 1. The molecule has 1 saturated heterocycles. The molecule has 0 bridgehead atoms. The maximum atomic E-state index is 12.5. The van der Waals surface area contributed by atoms with E-state index in [0.29, 0.717) is 24.9 Å². The number of hydrogen-bond acceptors (Lipinski definition) is 7. The van der Waals surface area contributed by atoms with Crippen molar-refractivity contribution in [1.29, 1.82) is 0 Å². The van der Waals surface area contributed by atoms with Gasteiger partial charge in [-0.1, -0.05) is 42.1 Å². The number of benzene rings is 1. The van der Waals surface area contributed by atoms with Gasteiger partial charge in [0.15, 0.2) is 5.16 Å². The number of anilines is 1. The molecule has 1 unspecified atom stereocenters. The highest BCUT2D eigenvalue weighted by Gasteiger charge is 2.27. The summed E-state index contributed by atoms with van der Waals surface area (Å²) in [6, 6.07) is 9.84. The molecule has 3 amide bonds. The van der Waals surface area contributed by atoms with Crippen LogP contribution in [0, 0.1) is 0 Å². The van der Waals surface area contributed by atoms with Gasteiger partial charge in [-0.05, 0) is 25.3 Å². The number of nitrogens with zero attached hydrogens (tertiary/aromatic N) is 4. The molecule has 0 radical (unpaired) electrons. The molecule has 1 aromatic carbocycles. The number of carbonyl (C=O) groups excluding carboxylic acids is 2. The van der Waals surface area contributed by atoms with E-state index >= 15 is 0 Å². The number of hydrogen-bond donors (Lipinski definition) is 2. The first-order chi connectivity index (χ1) is 14.6. The predicted molar refractivity (Wildman–Crippen MR) is 114 cm³/mol. The Kier molecular flexibility index (Phi) is 6.53. The molecule has 1 aliphatic carbocycles. The first-order valence-corrected chi connectivity index (χ1v) is 11.1. The zero-order valence-electron chi connectivity index (χ0n) is 16.9. The Labute approximate surface area is 179 Å². The summed E-state index contributed by atoms with van der Waals surface area (Å²) in [4.78, 5) is 26.5. The normalized spacial score (nSPS) is 17.4. The lowest BCUT2D eigenvalue weighted by atomic mass is 10.2. The maximum absolute atomic E-state index is 12.5. The summed E-state index contributed by atoms with van der Waals surface area (Å²) in [5, 5.41) is 14.1. The first kappa shape index (κ1) is 20.7. The summed E-state index contributed by atoms with van der Waals surface area (Å²) in [7, 11) is 0. The molecule has 1 aromatic heterocycles. The fourth-order valence-electron chi connectivity index (χ4n) is 3.14. The maximum Gasteiger partial charge on any atom is 0.321 e. The van der Waals surface area contributed by atoms with Crippen molar-refractivity contribution in [3.05, 3.63) is 35.9 Å². The number of carbonyl (C=O) groups is 2. The molecule has 1 saturated carbocycles. The van der Waals surface area contributed by atoms with Crippen LogP contribution in [0.25, 0.3) is 0 Å². The second kappa shape index (κ2) is 9.48. The molecule has 0 spiro atoms. The van der Waals surface area contributed by atoms with Gasteiger partial charge in [0.25, 0.3) is 0 Å². The van der Waals surface area contributed by atoms with Gasteiger partial charge in [0.05, 0.1) is 25.0 Å². The number of urea groups is 1. The largest absolute Gasteiger partial charge is 0.378 e. The molecule has 30 heavy (non-hydrogen) atoms. The standard InChI is InChI=1S/C20H26N6O3S/c1-14(17(27)22-18(28)21-16-7-8-16)30-20-24-23-19(25-9-11-29-12-10-25)26(20)13-15-5-3-2-4-6-15/h2-6,14,16H,7-13H2,1H3,(H2,21,22,27,28). The Morgan fingerprint density at radius 2 is 1.93 bits per heavy atom. The van der Waals surface area contributed by atoms with Crippen LogP contribution in [0.1, 0.15) is 25.3 Å². The van der Waals surface area contributed by atoms with Gasteiger partial charge in [-0.15, -0.1) is 10.2 Å². The lowest BCUT2D eigenvalue weighted by molar-refractivity contribution is -0.119. The van der Waals surface area contributed by atoms with Crippen molar-refractivity contribution in [3.8, 4) is 0 Å². The van der Waals surface area contributed by atoms with Crippen molar-refractivity contribution in [2.24, 2.45) is 0 Å². The van der Waals surface area contributed by atoms with Gasteiger partial charge in [0, 0.05) is 19.1 Å². The summed E-state index contributed by atoms with van der Waals surface area (Å²) < 4.78 is 7.48. The van der Waals surface area contributed by atoms with E-state index in [2.05, 4.69) is 37.9 Å². The number of thioether (sulfide) groups is 1. The highest BCUT2D eigenvalue weighted by atomic mass is 32.2. The van der Waals surface area contributed by atoms with E-state index in [4.69, 9.17) is 4.74 Å². The zero-order valence-corrected chi connectivity index (χ0v) is 17.7. The van der Waals surface area contributed by atoms with E-state index in [9.17, 15) is 9.59 Å². The number of imide groups is 1. The summed E-state index contributed by atoms with van der Waals surface area (Å²) in [6.07, 6.45) is 1.94. The fourth-order valence-corrected chi connectivity index (χ4v) is 3.99. The number of rotatable bonds is 7. The lowest BCUT2D eigenvalue weighted by Gasteiger charge is -2.28. The van der Waals surface area contributed by atoms with Crippen LogP contribution >= 0.6 is 11.8 Å². The van der Waals surface area contributed by atoms with E-state index in [0.717, 1.165) is 37.4 Å². The third kappa shape index (κ3) is 5.31. The van der Waals surface area contributed by atoms with Crippen molar-refractivity contribution in [2.45, 2.75) is 42.8 Å². The van der Waals surface area contributed by atoms with Crippen LogP contribution in [-0.2, 0) is 16.1 Å². The van der Waals surface area contributed by atoms with Crippen LogP contribution in [0.3, 0.4) is 0 Å². The Balaban J connectivity index is 1.48. The molecule has 2 aliphatic rings. The van der Waals surface area contributed by atoms with Crippen LogP contribution in [0.5, 0.6) is 0 Å². The van der Waals surface area contributed by atoms with Gasteiger partial charge in [-0.25, -0.2) is 4.79 Å². The van der Waals surface area contributed by atoms with Crippen LogP contribution in [0.2, 0.25) is 0 Å². The average Bonchev–Trinajstić information content (AvgIpc) is 3.49. The van der Waals surface area contributed by atoms with Crippen molar-refractivity contribution in [3.63, 3.8) is 0 Å². The molecule has 160 valence electrons. The third-order valence-corrected chi connectivity index (χ3v) is 6.06. The molecule has 9 nitrogen and oxygen atoms in total. The smallest absolute Gasteiger partial charge is 0.321 e. The fraction of sp³-hybridized carbons (Fsp3) is 0.500. The second-order valence-corrected chi connectivity index (χ2v) is 8.76. The van der Waals surface area contributed by atoms with E-state index in [-0.39, 0.29) is 11.9 Å². The minimum absolute atomic E-state index is 0.200. The lowest BCUT2D eigenvalue weighted by Crippen LogP contribution is -2.43. The highest BCUT2D eigenvalue weighted by Crippen LogP contribution is 2.27. The predicted octanol–water partition coefficient (Wildman–Crippen LogP) is 1.63. The van der Waals surface area contributed by atoms with Crippen molar-refractivity contribution < 1.29 is 14.3 Å². The van der Waals surface area contributed by atoms with E-state index in [1.165, 1.54) is 11.8 Å². The number of amides is 3. The van der Waals surface area contributed by atoms with E-state index < -0.39 is 11.3 Å². The molecule has 1 aliphatic heterocycles. The monoisotopic (exact) mass is 430 g/mol. The van der Waals surface area contributed by atoms with Gasteiger partial charge >= 0.3 is 6.03 Å². The van der Waals surface area contributed by atoms with E-state index in [1.807, 2.05) is 22.8 Å². The first-order valence-electron chi connectivity index (χ1n) is 10.2. The van der Waals surface area contributed by atoms with Crippen molar-refractivity contribution >= 4 is 29.6 Å². The van der Waals surface area contributed by atoms with Crippen LogP contribution in [0.4, 0.5) is 10.7 Å². The number of morpholine rings is 1. The van der Waals surface area contributed by atoms with Gasteiger partial charge in [-0.2, -0.15) is 0 Å². The van der Waals surface area contributed by atoms with Gasteiger partial charge in [-0.3, -0.25) is 14.7 Å². The minimum atomic E-state index is -0.494. The second-order valence-electron chi connectivity index (χ2n) is 7.45. The molecule has 1 atom stereocenters. The Morgan fingerprint density at radius 3 is 2.63 bits per heavy atom. The molecule has 2 aromatic rings. The zero-order chi connectivity index (χ0) is 20.9. The Bertz CT molecular complexity index is 880. The van der Waals surface area contributed by atoms with E-state index in [1.54, 1.807) is 6.92 Å². The highest BCUT2D eigenvalue weighted by molar-refractivity contribution is 8.00. The van der Waals surface area contributed by atoms with Gasteiger partial charge < -0.3 is 15.0 Å². The summed E-state index contributed by atoms with van der Waals surface area (Å²) in [5.41, 5.74) is 1.12. The van der Waals surface area contributed by atoms with Crippen LogP contribution in [0.15, 0.2) is 35.5 Å². The molecule has 2 fully saturated rings. The Hall–Kier alpha value is -2.59.